The Hall–Kier alpha value is -3.31. The van der Waals surface area contributed by atoms with Gasteiger partial charge >= 0.3 is 0 Å². The zero-order valence-electron chi connectivity index (χ0n) is 19.4. The fourth-order valence-corrected chi connectivity index (χ4v) is 6.04. The molecule has 4 rings (SSSR count). The second-order valence-corrected chi connectivity index (χ2v) is 10.1. The normalized spacial score (nSPS) is 20.2. The maximum atomic E-state index is 13.6. The van der Waals surface area contributed by atoms with Crippen molar-refractivity contribution in [1.29, 1.82) is 0 Å². The summed E-state index contributed by atoms with van der Waals surface area (Å²) in [7, 11) is -1.04. The molecular formula is C23H27N3O7S. The SMILES string of the molecule is COc1ccc(OC)c(NC(=O)[C@H]2CCCN2S(=O)(=O)c2cc3c(cc2C)NC(=O)[C@H](C)O3)c1. The van der Waals surface area contributed by atoms with Crippen LogP contribution >= 0.6 is 0 Å². The second kappa shape index (κ2) is 9.15. The van der Waals surface area contributed by atoms with Gasteiger partial charge in [0.15, 0.2) is 6.10 Å². The first-order chi connectivity index (χ1) is 16.1. The Balaban J connectivity index is 1.63. The third kappa shape index (κ3) is 4.28. The largest absolute Gasteiger partial charge is 0.497 e. The smallest absolute Gasteiger partial charge is 0.265 e. The third-order valence-corrected chi connectivity index (χ3v) is 8.02. The molecule has 182 valence electrons. The fourth-order valence-electron chi connectivity index (χ4n) is 4.16. The number of aryl methyl sites for hydroxylation is 1. The number of carbonyl (C=O) groups excluding carboxylic acids is 2. The zero-order chi connectivity index (χ0) is 24.6. The first-order valence-corrected chi connectivity index (χ1v) is 12.3. The highest BCUT2D eigenvalue weighted by Gasteiger charge is 2.41. The highest BCUT2D eigenvalue weighted by atomic mass is 32.2. The van der Waals surface area contributed by atoms with Crippen molar-refractivity contribution >= 4 is 33.2 Å². The van der Waals surface area contributed by atoms with Crippen LogP contribution in [0.5, 0.6) is 17.2 Å². The lowest BCUT2D eigenvalue weighted by Crippen LogP contribution is -2.43. The number of hydrogen-bond donors (Lipinski definition) is 2. The highest BCUT2D eigenvalue weighted by molar-refractivity contribution is 7.89. The van der Waals surface area contributed by atoms with E-state index in [2.05, 4.69) is 10.6 Å². The van der Waals surface area contributed by atoms with Crippen LogP contribution in [0.2, 0.25) is 0 Å². The number of nitrogens with one attached hydrogen (secondary N) is 2. The zero-order valence-corrected chi connectivity index (χ0v) is 20.2. The monoisotopic (exact) mass is 489 g/mol. The minimum atomic E-state index is -4.02. The van der Waals surface area contributed by atoms with E-state index in [1.165, 1.54) is 24.6 Å². The van der Waals surface area contributed by atoms with Crippen LogP contribution in [0, 0.1) is 6.92 Å². The van der Waals surface area contributed by atoms with Crippen LogP contribution in [-0.2, 0) is 19.6 Å². The number of carbonyl (C=O) groups is 2. The first-order valence-electron chi connectivity index (χ1n) is 10.8. The van der Waals surface area contributed by atoms with E-state index < -0.39 is 28.1 Å². The molecule has 1 saturated heterocycles. The fraction of sp³-hybridized carbons (Fsp3) is 0.391. The molecule has 2 aliphatic heterocycles. The molecule has 0 saturated carbocycles. The number of anilines is 2. The number of amides is 2. The Morgan fingerprint density at radius 3 is 2.68 bits per heavy atom. The van der Waals surface area contributed by atoms with Crippen molar-refractivity contribution in [2.24, 2.45) is 0 Å². The van der Waals surface area contributed by atoms with Crippen LogP contribution in [0.25, 0.3) is 0 Å². The van der Waals surface area contributed by atoms with Gasteiger partial charge in [-0.3, -0.25) is 9.59 Å². The number of ether oxygens (including phenoxy) is 3. The van der Waals surface area contributed by atoms with Crippen LogP contribution in [0.3, 0.4) is 0 Å². The molecule has 2 heterocycles. The Bertz CT molecular complexity index is 1250. The Morgan fingerprint density at radius 1 is 1.21 bits per heavy atom. The van der Waals surface area contributed by atoms with Gasteiger partial charge in [-0.05, 0) is 50.5 Å². The second-order valence-electron chi connectivity index (χ2n) is 8.19. The van der Waals surface area contributed by atoms with Gasteiger partial charge < -0.3 is 24.8 Å². The van der Waals surface area contributed by atoms with Crippen molar-refractivity contribution in [3.05, 3.63) is 35.9 Å². The topological polar surface area (TPSA) is 123 Å². The van der Waals surface area contributed by atoms with Gasteiger partial charge in [-0.15, -0.1) is 0 Å². The summed E-state index contributed by atoms with van der Waals surface area (Å²) in [6.07, 6.45) is 0.180. The molecule has 2 aliphatic rings. The van der Waals surface area contributed by atoms with Crippen LogP contribution in [0.15, 0.2) is 35.2 Å². The number of benzene rings is 2. The summed E-state index contributed by atoms with van der Waals surface area (Å²) in [5, 5.41) is 5.50. The number of hydrogen-bond acceptors (Lipinski definition) is 7. The summed E-state index contributed by atoms with van der Waals surface area (Å²) in [6, 6.07) is 7.06. The molecule has 34 heavy (non-hydrogen) atoms. The number of methoxy groups -OCH3 is 2. The molecule has 11 heteroatoms. The van der Waals surface area contributed by atoms with Gasteiger partial charge in [-0.2, -0.15) is 4.31 Å². The van der Waals surface area contributed by atoms with Gasteiger partial charge in [0.05, 0.1) is 30.5 Å². The minimum absolute atomic E-state index is 0.0354. The Labute approximate surface area is 198 Å². The van der Waals surface area contributed by atoms with Gasteiger partial charge in [0.1, 0.15) is 23.3 Å². The van der Waals surface area contributed by atoms with E-state index in [-0.39, 0.29) is 23.1 Å². The van der Waals surface area contributed by atoms with E-state index in [9.17, 15) is 18.0 Å². The molecule has 2 amide bonds. The van der Waals surface area contributed by atoms with Crippen molar-refractivity contribution in [3.63, 3.8) is 0 Å². The molecule has 1 fully saturated rings. The maximum Gasteiger partial charge on any atom is 0.265 e. The van der Waals surface area contributed by atoms with E-state index in [0.29, 0.717) is 41.3 Å². The molecule has 0 aromatic heterocycles. The van der Waals surface area contributed by atoms with Gasteiger partial charge in [-0.25, -0.2) is 8.42 Å². The lowest BCUT2D eigenvalue weighted by molar-refractivity contribution is -0.122. The number of sulfonamides is 1. The van der Waals surface area contributed by atoms with Crippen LogP contribution in [-0.4, -0.2) is 57.4 Å². The lowest BCUT2D eigenvalue weighted by Gasteiger charge is -2.27. The van der Waals surface area contributed by atoms with Crippen molar-refractivity contribution in [1.82, 2.24) is 4.31 Å². The molecule has 0 aliphatic carbocycles. The minimum Gasteiger partial charge on any atom is -0.497 e. The molecule has 2 atom stereocenters. The molecule has 0 spiro atoms. The Morgan fingerprint density at radius 2 is 1.97 bits per heavy atom. The van der Waals surface area contributed by atoms with Gasteiger partial charge in [0, 0.05) is 18.7 Å². The lowest BCUT2D eigenvalue weighted by atomic mass is 10.1. The quantitative estimate of drug-likeness (QED) is 0.639. The van der Waals surface area contributed by atoms with Crippen LogP contribution in [0.4, 0.5) is 11.4 Å². The highest BCUT2D eigenvalue weighted by Crippen LogP contribution is 2.37. The van der Waals surface area contributed by atoms with E-state index in [1.807, 2.05) is 0 Å². The van der Waals surface area contributed by atoms with Crippen molar-refractivity contribution in [2.75, 3.05) is 31.4 Å². The summed E-state index contributed by atoms with van der Waals surface area (Å²) in [6.45, 7) is 3.43. The summed E-state index contributed by atoms with van der Waals surface area (Å²) in [5.74, 6) is 0.475. The molecule has 0 radical (unpaired) electrons. The average Bonchev–Trinajstić information content (AvgIpc) is 3.31. The number of nitrogens with zero attached hydrogens (tertiary/aromatic N) is 1. The third-order valence-electron chi connectivity index (χ3n) is 5.97. The number of rotatable bonds is 6. The molecule has 2 N–H and O–H groups in total. The maximum absolute atomic E-state index is 13.6. The van der Waals surface area contributed by atoms with Crippen LogP contribution in [0.1, 0.15) is 25.3 Å². The molecule has 2 aromatic rings. The predicted molar refractivity (Wildman–Crippen MR) is 125 cm³/mol. The van der Waals surface area contributed by atoms with Gasteiger partial charge in [-0.1, -0.05) is 0 Å². The van der Waals surface area contributed by atoms with Crippen molar-refractivity contribution < 1.29 is 32.2 Å². The van der Waals surface area contributed by atoms with E-state index >= 15 is 0 Å². The summed E-state index contributed by atoms with van der Waals surface area (Å²) >= 11 is 0. The summed E-state index contributed by atoms with van der Waals surface area (Å²) in [5.41, 5.74) is 1.25. The van der Waals surface area contributed by atoms with Gasteiger partial charge in [0.25, 0.3) is 5.91 Å². The first kappa shape index (κ1) is 23.8. The molecule has 0 bridgehead atoms. The van der Waals surface area contributed by atoms with Crippen LogP contribution < -0.4 is 24.8 Å². The number of fused-ring (bicyclic) bond motifs is 1. The van der Waals surface area contributed by atoms with E-state index in [1.54, 1.807) is 38.1 Å². The molecule has 10 nitrogen and oxygen atoms in total. The summed E-state index contributed by atoms with van der Waals surface area (Å²) in [4.78, 5) is 25.1. The van der Waals surface area contributed by atoms with E-state index in [4.69, 9.17) is 14.2 Å². The summed E-state index contributed by atoms with van der Waals surface area (Å²) < 4.78 is 44.6. The average molecular weight is 490 g/mol. The predicted octanol–water partition coefficient (Wildman–Crippen LogP) is 2.52. The molecule has 2 aromatic carbocycles. The Kier molecular flexibility index (Phi) is 6.41. The van der Waals surface area contributed by atoms with Crippen molar-refractivity contribution in [3.8, 4) is 17.2 Å². The van der Waals surface area contributed by atoms with Gasteiger partial charge in [0.2, 0.25) is 15.9 Å². The molecule has 0 unspecified atom stereocenters. The molecular weight excluding hydrogens is 462 g/mol. The standard InChI is InChI=1S/C23H27N3O7S/c1-13-10-16-20(33-14(2)22(27)24-16)12-21(13)34(29,30)26-9-5-6-18(26)23(28)25-17-11-15(31-3)7-8-19(17)32-4/h7-8,10-12,14,18H,5-6,9H2,1-4H3,(H,24,27)(H,25,28)/t14-,18+/m0/s1. The van der Waals surface area contributed by atoms with Crippen molar-refractivity contribution in [2.45, 2.75) is 43.7 Å². The van der Waals surface area contributed by atoms with E-state index in [0.717, 1.165) is 0 Å².